The minimum absolute atomic E-state index is 0.653. The van der Waals surface area contributed by atoms with Crippen molar-refractivity contribution in [3.63, 3.8) is 0 Å². The molecule has 0 aliphatic carbocycles. The highest BCUT2D eigenvalue weighted by molar-refractivity contribution is 5.44. The van der Waals surface area contributed by atoms with Crippen molar-refractivity contribution in [1.82, 2.24) is 19.1 Å². The summed E-state index contributed by atoms with van der Waals surface area (Å²) in [4.78, 5) is 8.37. The van der Waals surface area contributed by atoms with Gasteiger partial charge in [0.05, 0.1) is 11.9 Å². The lowest BCUT2D eigenvalue weighted by Crippen LogP contribution is -2.00. The highest BCUT2D eigenvalue weighted by Crippen LogP contribution is 2.12. The van der Waals surface area contributed by atoms with Gasteiger partial charge in [-0.05, 0) is 23.8 Å². The first-order valence-electron chi connectivity index (χ1n) is 6.50. The molecule has 0 fully saturated rings. The third kappa shape index (κ3) is 2.77. The second kappa shape index (κ2) is 5.51. The van der Waals surface area contributed by atoms with Crippen molar-refractivity contribution in [3.8, 4) is 11.9 Å². The van der Waals surface area contributed by atoms with Crippen LogP contribution in [0.2, 0.25) is 0 Å². The Morgan fingerprint density at radius 3 is 2.90 bits per heavy atom. The maximum absolute atomic E-state index is 8.93. The molecule has 0 saturated heterocycles. The fourth-order valence-corrected chi connectivity index (χ4v) is 2.08. The molecule has 0 aromatic carbocycles. The highest BCUT2D eigenvalue weighted by Gasteiger charge is 2.02. The molecule has 1 N–H and O–H groups in total. The van der Waals surface area contributed by atoms with Crippen LogP contribution in [0.25, 0.3) is 5.82 Å². The predicted octanol–water partition coefficient (Wildman–Crippen LogP) is 2.09. The number of aryl methyl sites for hydroxylation is 1. The summed E-state index contributed by atoms with van der Waals surface area (Å²) in [7, 11) is 1.86. The monoisotopic (exact) mass is 278 g/mol. The van der Waals surface area contributed by atoms with E-state index in [9.17, 15) is 0 Å². The van der Waals surface area contributed by atoms with Gasteiger partial charge in [-0.2, -0.15) is 5.26 Å². The lowest BCUT2D eigenvalue weighted by atomic mass is 10.3. The summed E-state index contributed by atoms with van der Waals surface area (Å²) in [6.45, 7) is 0.654. The number of aromatic nitrogens is 4. The van der Waals surface area contributed by atoms with Crippen LogP contribution in [0, 0.1) is 11.3 Å². The second-order valence-corrected chi connectivity index (χ2v) is 4.68. The van der Waals surface area contributed by atoms with Crippen LogP contribution in [0.1, 0.15) is 11.3 Å². The van der Waals surface area contributed by atoms with Crippen LogP contribution in [-0.2, 0) is 13.6 Å². The average molecular weight is 278 g/mol. The van der Waals surface area contributed by atoms with E-state index in [0.29, 0.717) is 12.2 Å². The van der Waals surface area contributed by atoms with Crippen molar-refractivity contribution in [2.75, 3.05) is 5.32 Å². The summed E-state index contributed by atoms with van der Waals surface area (Å²) in [6, 6.07) is 7.92. The van der Waals surface area contributed by atoms with Crippen molar-refractivity contribution in [2.24, 2.45) is 7.05 Å². The second-order valence-electron chi connectivity index (χ2n) is 4.68. The van der Waals surface area contributed by atoms with Crippen molar-refractivity contribution in [3.05, 3.63) is 60.6 Å². The van der Waals surface area contributed by atoms with E-state index < -0.39 is 0 Å². The van der Waals surface area contributed by atoms with E-state index in [1.165, 1.54) is 0 Å². The standard InChI is InChI=1S/C15H14N6/c1-20-10-12(6-14(20)7-16)8-18-13-2-3-15(19-9-13)21-5-4-17-11-21/h2-6,9-11,18H,8H2,1H3. The molecule has 0 unspecified atom stereocenters. The number of rotatable bonds is 4. The molecule has 3 aromatic rings. The summed E-state index contributed by atoms with van der Waals surface area (Å²) < 4.78 is 3.66. The van der Waals surface area contributed by atoms with Crippen LogP contribution in [0.15, 0.2) is 49.3 Å². The molecule has 3 rings (SSSR count). The van der Waals surface area contributed by atoms with E-state index >= 15 is 0 Å². The van der Waals surface area contributed by atoms with E-state index in [1.807, 2.05) is 46.8 Å². The Labute approximate surface area is 122 Å². The fraction of sp³-hybridized carbons (Fsp3) is 0.133. The van der Waals surface area contributed by atoms with Gasteiger partial charge < -0.3 is 9.88 Å². The number of anilines is 1. The maximum Gasteiger partial charge on any atom is 0.137 e. The minimum Gasteiger partial charge on any atom is -0.380 e. The molecule has 0 radical (unpaired) electrons. The first kappa shape index (κ1) is 12.9. The Morgan fingerprint density at radius 1 is 1.38 bits per heavy atom. The van der Waals surface area contributed by atoms with E-state index in [1.54, 1.807) is 18.7 Å². The van der Waals surface area contributed by atoms with Crippen LogP contribution in [0.5, 0.6) is 0 Å². The molecule has 0 aliphatic heterocycles. The first-order chi connectivity index (χ1) is 10.3. The molecule has 0 atom stereocenters. The summed E-state index contributed by atoms with van der Waals surface area (Å²) >= 11 is 0. The number of nitrogens with zero attached hydrogens (tertiary/aromatic N) is 5. The molecule has 6 nitrogen and oxygen atoms in total. The zero-order valence-corrected chi connectivity index (χ0v) is 11.6. The molecular formula is C15H14N6. The smallest absolute Gasteiger partial charge is 0.137 e. The van der Waals surface area contributed by atoms with Gasteiger partial charge >= 0.3 is 0 Å². The van der Waals surface area contributed by atoms with E-state index in [4.69, 9.17) is 5.26 Å². The summed E-state index contributed by atoms with van der Waals surface area (Å²) in [5.41, 5.74) is 2.65. The molecule has 21 heavy (non-hydrogen) atoms. The molecule has 104 valence electrons. The van der Waals surface area contributed by atoms with Gasteiger partial charge in [-0.15, -0.1) is 0 Å². The van der Waals surface area contributed by atoms with Gasteiger partial charge in [-0.1, -0.05) is 0 Å². The van der Waals surface area contributed by atoms with Gasteiger partial charge in [0.1, 0.15) is 23.9 Å². The average Bonchev–Trinajstić information content (AvgIpc) is 3.15. The Morgan fingerprint density at radius 2 is 2.29 bits per heavy atom. The van der Waals surface area contributed by atoms with Crippen LogP contribution in [0.4, 0.5) is 5.69 Å². The molecule has 0 aliphatic rings. The van der Waals surface area contributed by atoms with Crippen molar-refractivity contribution < 1.29 is 0 Å². The summed E-state index contributed by atoms with van der Waals surface area (Å²) in [5.74, 6) is 0.824. The van der Waals surface area contributed by atoms with Crippen LogP contribution >= 0.6 is 0 Å². The molecule has 0 saturated carbocycles. The minimum atomic E-state index is 0.653. The van der Waals surface area contributed by atoms with Crippen molar-refractivity contribution >= 4 is 5.69 Å². The Kier molecular flexibility index (Phi) is 3.39. The first-order valence-corrected chi connectivity index (χ1v) is 6.50. The van der Waals surface area contributed by atoms with Crippen LogP contribution < -0.4 is 5.32 Å². The quantitative estimate of drug-likeness (QED) is 0.793. The van der Waals surface area contributed by atoms with E-state index in [2.05, 4.69) is 21.4 Å². The molecule has 6 heteroatoms. The van der Waals surface area contributed by atoms with E-state index in [0.717, 1.165) is 17.1 Å². The summed E-state index contributed by atoms with van der Waals surface area (Å²) in [6.07, 6.45) is 9.00. The molecule has 3 aromatic heterocycles. The SMILES string of the molecule is Cn1cc(CNc2ccc(-n3ccnc3)nc2)cc1C#N. The highest BCUT2D eigenvalue weighted by atomic mass is 15.1. The zero-order valence-electron chi connectivity index (χ0n) is 11.6. The molecule has 3 heterocycles. The number of imidazole rings is 1. The molecule has 0 spiro atoms. The number of hydrogen-bond donors (Lipinski definition) is 1. The number of hydrogen-bond acceptors (Lipinski definition) is 4. The van der Waals surface area contributed by atoms with Gasteiger partial charge in [-0.25, -0.2) is 9.97 Å². The predicted molar refractivity (Wildman–Crippen MR) is 78.8 cm³/mol. The van der Waals surface area contributed by atoms with Gasteiger partial charge in [0.25, 0.3) is 0 Å². The fourth-order valence-electron chi connectivity index (χ4n) is 2.08. The van der Waals surface area contributed by atoms with Gasteiger partial charge in [0.2, 0.25) is 0 Å². The van der Waals surface area contributed by atoms with Crippen molar-refractivity contribution in [2.45, 2.75) is 6.54 Å². The Bertz CT molecular complexity index is 762. The molecule has 0 bridgehead atoms. The lowest BCUT2D eigenvalue weighted by Gasteiger charge is -2.06. The van der Waals surface area contributed by atoms with Crippen LogP contribution in [-0.4, -0.2) is 19.1 Å². The van der Waals surface area contributed by atoms with Gasteiger partial charge in [0.15, 0.2) is 0 Å². The number of pyridine rings is 1. The van der Waals surface area contributed by atoms with Gasteiger partial charge in [-0.3, -0.25) is 4.57 Å². The third-order valence-corrected chi connectivity index (χ3v) is 3.19. The normalized spacial score (nSPS) is 10.3. The molecular weight excluding hydrogens is 264 g/mol. The Balaban J connectivity index is 1.67. The largest absolute Gasteiger partial charge is 0.380 e. The molecule has 0 amide bonds. The van der Waals surface area contributed by atoms with E-state index in [-0.39, 0.29) is 0 Å². The Hall–Kier alpha value is -3.07. The van der Waals surface area contributed by atoms with Gasteiger partial charge in [0, 0.05) is 32.2 Å². The van der Waals surface area contributed by atoms with Crippen LogP contribution in [0.3, 0.4) is 0 Å². The summed E-state index contributed by atoms with van der Waals surface area (Å²) in [5, 5.41) is 12.2. The van der Waals surface area contributed by atoms with Crippen molar-refractivity contribution in [1.29, 1.82) is 5.26 Å². The third-order valence-electron chi connectivity index (χ3n) is 3.19. The zero-order chi connectivity index (χ0) is 14.7. The number of nitrogens with one attached hydrogen (secondary N) is 1. The maximum atomic E-state index is 8.93. The number of nitriles is 1. The lowest BCUT2D eigenvalue weighted by molar-refractivity contribution is 0.902. The topological polar surface area (TPSA) is 71.5 Å².